The molecule has 2 aromatic rings. The van der Waals surface area contributed by atoms with Crippen molar-refractivity contribution in [3.8, 4) is 11.5 Å². The third-order valence-electron chi connectivity index (χ3n) is 6.50. The summed E-state index contributed by atoms with van der Waals surface area (Å²) in [6.45, 7) is 5.58. The molecular formula is C24H29FN2O3. The third-order valence-corrected chi connectivity index (χ3v) is 6.50. The van der Waals surface area contributed by atoms with Gasteiger partial charge in [0.25, 0.3) is 5.91 Å². The van der Waals surface area contributed by atoms with E-state index in [2.05, 4.69) is 4.90 Å². The number of aryl methyl sites for hydroxylation is 1. The SMILES string of the molecule is COc1ccc(F)c(CN2CCC[C@@]3(CCN(C(=O)c4cc(C)ccc4O)C3)C2)c1. The summed E-state index contributed by atoms with van der Waals surface area (Å²) in [6.07, 6.45) is 3.03. The third kappa shape index (κ3) is 4.15. The highest BCUT2D eigenvalue weighted by molar-refractivity contribution is 5.97. The second-order valence-electron chi connectivity index (χ2n) is 8.77. The van der Waals surface area contributed by atoms with Crippen LogP contribution >= 0.6 is 0 Å². The molecule has 1 N–H and O–H groups in total. The van der Waals surface area contributed by atoms with Crippen LogP contribution in [-0.2, 0) is 6.54 Å². The summed E-state index contributed by atoms with van der Waals surface area (Å²) in [5.74, 6) is 0.372. The van der Waals surface area contributed by atoms with Crippen LogP contribution < -0.4 is 4.74 Å². The number of likely N-dealkylation sites (tertiary alicyclic amines) is 2. The minimum Gasteiger partial charge on any atom is -0.507 e. The molecule has 30 heavy (non-hydrogen) atoms. The number of rotatable bonds is 4. The lowest BCUT2D eigenvalue weighted by Gasteiger charge is -2.40. The molecule has 0 saturated carbocycles. The van der Waals surface area contributed by atoms with E-state index in [4.69, 9.17) is 4.74 Å². The van der Waals surface area contributed by atoms with Crippen LogP contribution in [0.25, 0.3) is 0 Å². The van der Waals surface area contributed by atoms with Crippen molar-refractivity contribution in [1.82, 2.24) is 9.80 Å². The number of nitrogens with zero attached hydrogens (tertiary/aromatic N) is 2. The van der Waals surface area contributed by atoms with E-state index in [9.17, 15) is 14.3 Å². The number of hydrogen-bond acceptors (Lipinski definition) is 4. The number of carbonyl (C=O) groups is 1. The van der Waals surface area contributed by atoms with Crippen LogP contribution in [0.5, 0.6) is 11.5 Å². The lowest BCUT2D eigenvalue weighted by molar-refractivity contribution is 0.0671. The Morgan fingerprint density at radius 1 is 1.17 bits per heavy atom. The highest BCUT2D eigenvalue weighted by Crippen LogP contribution is 2.40. The normalized spacial score (nSPS) is 21.9. The van der Waals surface area contributed by atoms with Crippen LogP contribution in [0.2, 0.25) is 0 Å². The van der Waals surface area contributed by atoms with Gasteiger partial charge in [-0.05, 0) is 63.1 Å². The van der Waals surface area contributed by atoms with Gasteiger partial charge < -0.3 is 14.7 Å². The van der Waals surface area contributed by atoms with E-state index in [0.29, 0.717) is 36.5 Å². The number of methoxy groups -OCH3 is 1. The summed E-state index contributed by atoms with van der Waals surface area (Å²) < 4.78 is 19.5. The fourth-order valence-corrected chi connectivity index (χ4v) is 4.92. The van der Waals surface area contributed by atoms with Crippen LogP contribution in [0.3, 0.4) is 0 Å². The van der Waals surface area contributed by atoms with Gasteiger partial charge in [-0.2, -0.15) is 0 Å². The average Bonchev–Trinajstić information content (AvgIpc) is 3.14. The van der Waals surface area contributed by atoms with Gasteiger partial charge in [-0.25, -0.2) is 4.39 Å². The predicted octanol–water partition coefficient (Wildman–Crippen LogP) is 3.98. The fourth-order valence-electron chi connectivity index (χ4n) is 4.92. The monoisotopic (exact) mass is 412 g/mol. The second-order valence-corrected chi connectivity index (χ2v) is 8.77. The summed E-state index contributed by atoms with van der Waals surface area (Å²) in [7, 11) is 1.59. The Labute approximate surface area is 177 Å². The van der Waals surface area contributed by atoms with E-state index in [0.717, 1.165) is 37.9 Å². The van der Waals surface area contributed by atoms with Crippen molar-refractivity contribution in [2.75, 3.05) is 33.3 Å². The molecule has 4 rings (SSSR count). The molecule has 0 bridgehead atoms. The highest BCUT2D eigenvalue weighted by atomic mass is 19.1. The van der Waals surface area contributed by atoms with Crippen LogP contribution in [0, 0.1) is 18.2 Å². The number of piperidine rings is 1. The Kier molecular flexibility index (Phi) is 5.69. The topological polar surface area (TPSA) is 53.0 Å². The Balaban J connectivity index is 1.45. The van der Waals surface area contributed by atoms with Crippen molar-refractivity contribution in [2.24, 2.45) is 5.41 Å². The van der Waals surface area contributed by atoms with Crippen LogP contribution in [-0.4, -0.2) is 54.1 Å². The molecule has 0 aromatic heterocycles. The van der Waals surface area contributed by atoms with Crippen molar-refractivity contribution in [1.29, 1.82) is 0 Å². The lowest BCUT2D eigenvalue weighted by atomic mass is 9.79. The number of carbonyl (C=O) groups excluding carboxylic acids is 1. The second kappa shape index (κ2) is 8.26. The molecule has 2 fully saturated rings. The first-order valence-corrected chi connectivity index (χ1v) is 10.5. The van der Waals surface area contributed by atoms with Gasteiger partial charge in [0.05, 0.1) is 12.7 Å². The number of hydrogen-bond donors (Lipinski definition) is 1. The zero-order valence-electron chi connectivity index (χ0n) is 17.7. The summed E-state index contributed by atoms with van der Waals surface area (Å²) in [5.41, 5.74) is 2.00. The van der Waals surface area contributed by atoms with E-state index in [1.807, 2.05) is 11.8 Å². The van der Waals surface area contributed by atoms with Crippen LogP contribution in [0.1, 0.15) is 40.7 Å². The first-order chi connectivity index (χ1) is 14.4. The number of ether oxygens (including phenoxy) is 1. The maximum absolute atomic E-state index is 14.3. The van der Waals surface area contributed by atoms with Crippen LogP contribution in [0.15, 0.2) is 36.4 Å². The smallest absolute Gasteiger partial charge is 0.257 e. The highest BCUT2D eigenvalue weighted by Gasteiger charge is 2.43. The van der Waals surface area contributed by atoms with Gasteiger partial charge in [-0.1, -0.05) is 11.6 Å². The van der Waals surface area contributed by atoms with Gasteiger partial charge in [-0.3, -0.25) is 9.69 Å². The number of aromatic hydroxyl groups is 1. The molecule has 2 aliphatic heterocycles. The van der Waals surface area contributed by atoms with Gasteiger partial charge in [0.2, 0.25) is 0 Å². The quantitative estimate of drug-likeness (QED) is 0.826. The minimum atomic E-state index is -0.214. The Hall–Kier alpha value is -2.60. The molecule has 6 heteroatoms. The van der Waals surface area contributed by atoms with Gasteiger partial charge in [0.1, 0.15) is 17.3 Å². The molecule has 0 unspecified atom stereocenters. The zero-order valence-corrected chi connectivity index (χ0v) is 17.7. The molecule has 1 atom stereocenters. The van der Waals surface area contributed by atoms with Crippen molar-refractivity contribution < 1.29 is 19.0 Å². The summed E-state index contributed by atoms with van der Waals surface area (Å²) in [5, 5.41) is 10.1. The standard InChI is InChI=1S/C24H29FN2O3/c1-17-4-7-22(28)20(12-17)23(29)27-11-9-24(16-27)8-3-10-26(15-24)14-18-13-19(30-2)5-6-21(18)25/h4-7,12-13,28H,3,8-11,14-16H2,1-2H3/t24-/m1/s1. The van der Waals surface area contributed by atoms with Crippen molar-refractivity contribution in [3.63, 3.8) is 0 Å². The first-order valence-electron chi connectivity index (χ1n) is 10.5. The molecule has 2 heterocycles. The van der Waals surface area contributed by atoms with Crippen molar-refractivity contribution in [3.05, 3.63) is 58.9 Å². The zero-order chi connectivity index (χ0) is 21.3. The maximum Gasteiger partial charge on any atom is 0.257 e. The molecule has 2 aromatic carbocycles. The summed E-state index contributed by atoms with van der Waals surface area (Å²) in [6, 6.07) is 9.99. The van der Waals surface area contributed by atoms with Crippen molar-refractivity contribution in [2.45, 2.75) is 32.7 Å². The summed E-state index contributed by atoms with van der Waals surface area (Å²) >= 11 is 0. The van der Waals surface area contributed by atoms with Crippen molar-refractivity contribution >= 4 is 5.91 Å². The number of phenols is 1. The molecule has 1 amide bonds. The Bertz CT molecular complexity index is 948. The minimum absolute atomic E-state index is 0.0305. The Morgan fingerprint density at radius 3 is 2.80 bits per heavy atom. The molecule has 1 spiro atoms. The number of halogens is 1. The predicted molar refractivity (Wildman–Crippen MR) is 113 cm³/mol. The average molecular weight is 413 g/mol. The molecule has 0 aliphatic carbocycles. The fraction of sp³-hybridized carbons (Fsp3) is 0.458. The molecular weight excluding hydrogens is 383 g/mol. The molecule has 0 radical (unpaired) electrons. The van der Waals surface area contributed by atoms with Crippen LogP contribution in [0.4, 0.5) is 4.39 Å². The van der Waals surface area contributed by atoms with E-state index >= 15 is 0 Å². The van der Waals surface area contributed by atoms with E-state index < -0.39 is 0 Å². The lowest BCUT2D eigenvalue weighted by Crippen LogP contribution is -2.45. The number of amides is 1. The van der Waals surface area contributed by atoms with Gasteiger partial charge in [0, 0.05) is 37.2 Å². The largest absolute Gasteiger partial charge is 0.507 e. The van der Waals surface area contributed by atoms with E-state index in [-0.39, 0.29) is 22.9 Å². The summed E-state index contributed by atoms with van der Waals surface area (Å²) in [4.78, 5) is 17.2. The molecule has 5 nitrogen and oxygen atoms in total. The van der Waals surface area contributed by atoms with E-state index in [1.165, 1.54) is 6.07 Å². The molecule has 2 saturated heterocycles. The van der Waals surface area contributed by atoms with Gasteiger partial charge in [-0.15, -0.1) is 0 Å². The Morgan fingerprint density at radius 2 is 2.00 bits per heavy atom. The van der Waals surface area contributed by atoms with Gasteiger partial charge in [0.15, 0.2) is 0 Å². The van der Waals surface area contributed by atoms with E-state index in [1.54, 1.807) is 37.4 Å². The first kappa shape index (κ1) is 20.7. The number of benzene rings is 2. The number of phenolic OH excluding ortho intramolecular Hbond substituents is 1. The molecule has 160 valence electrons. The van der Waals surface area contributed by atoms with Gasteiger partial charge >= 0.3 is 0 Å². The maximum atomic E-state index is 14.3. The molecule has 2 aliphatic rings.